The second kappa shape index (κ2) is 5.51. The topological polar surface area (TPSA) is 51.4 Å². The van der Waals surface area contributed by atoms with E-state index in [1.807, 2.05) is 54.4 Å². The Bertz CT molecular complexity index is 511. The first kappa shape index (κ1) is 12.4. The molecule has 1 heterocycles. The molecule has 94 valence electrons. The van der Waals surface area contributed by atoms with Crippen LogP contribution in [0.25, 0.3) is 0 Å². The summed E-state index contributed by atoms with van der Waals surface area (Å²) < 4.78 is 5.12. The van der Waals surface area contributed by atoms with Crippen LogP contribution in [0.1, 0.15) is 5.56 Å². The third kappa shape index (κ3) is 2.60. The second-order valence-electron chi connectivity index (χ2n) is 3.97. The Morgan fingerprint density at radius 1 is 1.17 bits per heavy atom. The zero-order chi connectivity index (χ0) is 13.0. The largest absolute Gasteiger partial charge is 0.481 e. The number of methoxy groups -OCH3 is 1. The fraction of sp³-hybridized carbons (Fsp3) is 0.214. The van der Waals surface area contributed by atoms with E-state index in [0.29, 0.717) is 12.4 Å². The number of pyridine rings is 1. The van der Waals surface area contributed by atoms with Crippen LogP contribution in [-0.4, -0.2) is 19.1 Å². The molecule has 4 nitrogen and oxygen atoms in total. The average molecular weight is 243 g/mol. The van der Waals surface area contributed by atoms with Crippen molar-refractivity contribution in [1.82, 2.24) is 4.98 Å². The van der Waals surface area contributed by atoms with Crippen molar-refractivity contribution in [2.45, 2.75) is 6.54 Å². The number of hydrogen-bond acceptors (Lipinski definition) is 4. The molecule has 0 spiro atoms. The molecule has 0 atom stereocenters. The third-order valence-electron chi connectivity index (χ3n) is 2.82. The highest BCUT2D eigenvalue weighted by molar-refractivity contribution is 5.59. The molecule has 0 bridgehead atoms. The number of rotatable bonds is 4. The molecular formula is C14H17N3O. The fourth-order valence-electron chi connectivity index (χ4n) is 1.69. The maximum atomic E-state index is 5.58. The van der Waals surface area contributed by atoms with Gasteiger partial charge in [-0.3, -0.25) is 0 Å². The summed E-state index contributed by atoms with van der Waals surface area (Å²) in [7, 11) is 3.58. The van der Waals surface area contributed by atoms with Crippen molar-refractivity contribution in [3.05, 3.63) is 48.0 Å². The van der Waals surface area contributed by atoms with E-state index in [1.54, 1.807) is 7.11 Å². The highest BCUT2D eigenvalue weighted by atomic mass is 16.5. The lowest BCUT2D eigenvalue weighted by atomic mass is 10.2. The van der Waals surface area contributed by atoms with Gasteiger partial charge in [-0.15, -0.1) is 0 Å². The van der Waals surface area contributed by atoms with E-state index in [0.717, 1.165) is 17.1 Å². The summed E-state index contributed by atoms with van der Waals surface area (Å²) in [4.78, 5) is 6.39. The first-order valence-electron chi connectivity index (χ1n) is 5.78. The van der Waals surface area contributed by atoms with Gasteiger partial charge in [0.2, 0.25) is 5.88 Å². The summed E-state index contributed by atoms with van der Waals surface area (Å²) in [6.07, 6.45) is 0. The van der Waals surface area contributed by atoms with E-state index < -0.39 is 0 Å². The van der Waals surface area contributed by atoms with E-state index in [-0.39, 0.29) is 0 Å². The van der Waals surface area contributed by atoms with Gasteiger partial charge in [-0.1, -0.05) is 18.2 Å². The van der Waals surface area contributed by atoms with Crippen LogP contribution >= 0.6 is 0 Å². The van der Waals surface area contributed by atoms with E-state index >= 15 is 0 Å². The van der Waals surface area contributed by atoms with E-state index in [9.17, 15) is 0 Å². The summed E-state index contributed by atoms with van der Waals surface area (Å²) in [5, 5.41) is 0. The molecule has 0 aliphatic rings. The Kier molecular flexibility index (Phi) is 3.79. The van der Waals surface area contributed by atoms with Crippen LogP contribution in [0.3, 0.4) is 0 Å². The highest BCUT2D eigenvalue weighted by Crippen LogP contribution is 2.23. The summed E-state index contributed by atoms with van der Waals surface area (Å²) in [6.45, 7) is 0.557. The van der Waals surface area contributed by atoms with Crippen molar-refractivity contribution in [3.63, 3.8) is 0 Å². The Hall–Kier alpha value is -2.07. The van der Waals surface area contributed by atoms with Crippen molar-refractivity contribution in [3.8, 4) is 5.88 Å². The quantitative estimate of drug-likeness (QED) is 0.895. The van der Waals surface area contributed by atoms with E-state index in [4.69, 9.17) is 10.5 Å². The number of anilines is 2. The van der Waals surface area contributed by atoms with Gasteiger partial charge in [0.25, 0.3) is 0 Å². The smallest absolute Gasteiger partial charge is 0.214 e. The highest BCUT2D eigenvalue weighted by Gasteiger charge is 2.06. The van der Waals surface area contributed by atoms with Gasteiger partial charge in [0, 0.05) is 25.3 Å². The zero-order valence-electron chi connectivity index (χ0n) is 10.6. The minimum atomic E-state index is 0.557. The fourth-order valence-corrected chi connectivity index (χ4v) is 1.69. The Labute approximate surface area is 107 Å². The molecule has 0 unspecified atom stereocenters. The van der Waals surface area contributed by atoms with Gasteiger partial charge in [-0.2, -0.15) is 4.98 Å². The van der Waals surface area contributed by atoms with Crippen LogP contribution in [0, 0.1) is 0 Å². The molecule has 2 aromatic rings. The van der Waals surface area contributed by atoms with Crippen LogP contribution in [0.2, 0.25) is 0 Å². The maximum Gasteiger partial charge on any atom is 0.214 e. The van der Waals surface area contributed by atoms with Gasteiger partial charge < -0.3 is 15.4 Å². The van der Waals surface area contributed by atoms with Gasteiger partial charge in [-0.05, 0) is 23.8 Å². The number of ether oxygens (including phenoxy) is 1. The number of hydrogen-bond donors (Lipinski definition) is 1. The van der Waals surface area contributed by atoms with Gasteiger partial charge in [0.05, 0.1) is 7.11 Å². The molecule has 1 aromatic heterocycles. The molecular weight excluding hydrogens is 226 g/mol. The normalized spacial score (nSPS) is 10.2. The van der Waals surface area contributed by atoms with Crippen LogP contribution in [0.15, 0.2) is 42.5 Å². The molecule has 2 rings (SSSR count). The van der Waals surface area contributed by atoms with Gasteiger partial charge in [-0.25, -0.2) is 0 Å². The number of benzene rings is 1. The van der Waals surface area contributed by atoms with Crippen molar-refractivity contribution in [2.24, 2.45) is 5.73 Å². The molecule has 0 saturated carbocycles. The minimum absolute atomic E-state index is 0.557. The van der Waals surface area contributed by atoms with E-state index in [1.165, 1.54) is 0 Å². The Morgan fingerprint density at radius 2 is 1.89 bits per heavy atom. The lowest BCUT2D eigenvalue weighted by molar-refractivity contribution is 0.398. The molecule has 0 aliphatic carbocycles. The van der Waals surface area contributed by atoms with Crippen molar-refractivity contribution in [2.75, 3.05) is 19.1 Å². The van der Waals surface area contributed by atoms with Gasteiger partial charge >= 0.3 is 0 Å². The van der Waals surface area contributed by atoms with Crippen LogP contribution in [0.4, 0.5) is 11.5 Å². The summed E-state index contributed by atoms with van der Waals surface area (Å²) in [5.74, 6) is 1.45. The average Bonchev–Trinajstić information content (AvgIpc) is 2.46. The Morgan fingerprint density at radius 3 is 2.50 bits per heavy atom. The molecule has 4 heteroatoms. The lowest BCUT2D eigenvalue weighted by Gasteiger charge is -2.19. The molecule has 0 saturated heterocycles. The standard InChI is InChI=1S/C14H17N3O/c1-17(12-8-6-11(10-15)7-9-12)13-4-3-5-14(16-13)18-2/h3-9H,10,15H2,1-2H3. The molecule has 0 amide bonds. The van der Waals surface area contributed by atoms with Gasteiger partial charge in [0.15, 0.2) is 0 Å². The second-order valence-corrected chi connectivity index (χ2v) is 3.97. The molecule has 0 fully saturated rings. The predicted octanol–water partition coefficient (Wildman–Crippen LogP) is 2.32. The predicted molar refractivity (Wildman–Crippen MR) is 73.2 cm³/mol. The maximum absolute atomic E-state index is 5.58. The summed E-state index contributed by atoms with van der Waals surface area (Å²) in [5.41, 5.74) is 7.76. The number of nitrogens with two attached hydrogens (primary N) is 1. The molecule has 18 heavy (non-hydrogen) atoms. The first-order valence-corrected chi connectivity index (χ1v) is 5.78. The monoisotopic (exact) mass is 243 g/mol. The first-order chi connectivity index (χ1) is 8.74. The Balaban J connectivity index is 2.25. The molecule has 0 aliphatic heterocycles. The molecule has 0 radical (unpaired) electrons. The lowest BCUT2D eigenvalue weighted by Crippen LogP contribution is -2.11. The summed E-state index contributed by atoms with van der Waals surface area (Å²) in [6, 6.07) is 13.8. The van der Waals surface area contributed by atoms with Crippen molar-refractivity contribution in [1.29, 1.82) is 0 Å². The SMILES string of the molecule is COc1cccc(N(C)c2ccc(CN)cc2)n1. The third-order valence-corrected chi connectivity index (χ3v) is 2.82. The minimum Gasteiger partial charge on any atom is -0.481 e. The molecule has 2 N–H and O–H groups in total. The van der Waals surface area contributed by atoms with Crippen LogP contribution in [-0.2, 0) is 6.54 Å². The molecule has 1 aromatic carbocycles. The number of aromatic nitrogens is 1. The zero-order valence-corrected chi connectivity index (χ0v) is 10.6. The van der Waals surface area contributed by atoms with Crippen molar-refractivity contribution < 1.29 is 4.74 Å². The van der Waals surface area contributed by atoms with Gasteiger partial charge in [0.1, 0.15) is 5.82 Å². The van der Waals surface area contributed by atoms with Crippen LogP contribution < -0.4 is 15.4 Å². The van der Waals surface area contributed by atoms with Crippen molar-refractivity contribution >= 4 is 11.5 Å². The van der Waals surface area contributed by atoms with E-state index in [2.05, 4.69) is 4.98 Å². The summed E-state index contributed by atoms with van der Waals surface area (Å²) >= 11 is 0. The number of nitrogens with zero attached hydrogens (tertiary/aromatic N) is 2. The van der Waals surface area contributed by atoms with Crippen LogP contribution in [0.5, 0.6) is 5.88 Å².